The molecule has 0 bridgehead atoms. The number of nitrogens with zero attached hydrogens (tertiary/aromatic N) is 4. The Hall–Kier alpha value is -2.12. The van der Waals surface area contributed by atoms with E-state index in [-0.39, 0.29) is 5.91 Å². The van der Waals surface area contributed by atoms with Crippen LogP contribution >= 0.6 is 0 Å². The first-order valence-electron chi connectivity index (χ1n) is 7.66. The molecule has 2 aromatic rings. The molecule has 124 valence electrons. The van der Waals surface area contributed by atoms with Gasteiger partial charge in [0.05, 0.1) is 25.0 Å². The van der Waals surface area contributed by atoms with Crippen molar-refractivity contribution in [2.75, 3.05) is 33.7 Å². The Labute approximate surface area is 135 Å². The second-order valence-electron chi connectivity index (χ2n) is 6.44. The molecule has 0 spiro atoms. The summed E-state index contributed by atoms with van der Waals surface area (Å²) in [6, 6.07) is 3.49. The van der Waals surface area contributed by atoms with Gasteiger partial charge in [-0.15, -0.1) is 0 Å². The average molecular weight is 318 g/mol. The molecular weight excluding hydrogens is 296 g/mol. The van der Waals surface area contributed by atoms with Crippen LogP contribution in [0.3, 0.4) is 0 Å². The van der Waals surface area contributed by atoms with Crippen molar-refractivity contribution < 1.29 is 14.3 Å². The first-order valence-corrected chi connectivity index (χ1v) is 7.66. The fourth-order valence-electron chi connectivity index (χ4n) is 3.04. The number of carbonyl (C=O) groups excluding carboxylic acids is 1. The van der Waals surface area contributed by atoms with Crippen LogP contribution in [0, 0.1) is 0 Å². The van der Waals surface area contributed by atoms with Crippen molar-refractivity contribution in [1.29, 1.82) is 0 Å². The number of furan rings is 1. The quantitative estimate of drug-likeness (QED) is 0.877. The Balaban J connectivity index is 1.64. The highest BCUT2D eigenvalue weighted by atomic mass is 16.4. The van der Waals surface area contributed by atoms with Gasteiger partial charge in [-0.1, -0.05) is 0 Å². The second kappa shape index (κ2) is 6.17. The minimum absolute atomic E-state index is 0.170. The van der Waals surface area contributed by atoms with E-state index in [4.69, 9.17) is 4.42 Å². The Kier molecular flexibility index (Phi) is 4.23. The van der Waals surface area contributed by atoms with Crippen LogP contribution in [-0.2, 0) is 6.54 Å². The molecule has 1 fully saturated rings. The lowest BCUT2D eigenvalue weighted by atomic mass is 10.0. The largest absolute Gasteiger partial charge is 0.454 e. The lowest BCUT2D eigenvalue weighted by Gasteiger charge is -2.26. The molecule has 0 radical (unpaired) electrons. The molecule has 1 unspecified atom stereocenters. The molecule has 0 aliphatic carbocycles. The first kappa shape index (κ1) is 15.8. The number of likely N-dealkylation sites (tertiary alicyclic amines) is 1. The summed E-state index contributed by atoms with van der Waals surface area (Å²) >= 11 is 0. The van der Waals surface area contributed by atoms with E-state index >= 15 is 0 Å². The summed E-state index contributed by atoms with van der Waals surface area (Å²) in [4.78, 5) is 20.1. The van der Waals surface area contributed by atoms with Crippen LogP contribution in [0.4, 0.5) is 0 Å². The Morgan fingerprint density at radius 3 is 3.00 bits per heavy atom. The normalized spacial score (nSPS) is 21.3. The van der Waals surface area contributed by atoms with E-state index in [1.54, 1.807) is 29.6 Å². The van der Waals surface area contributed by atoms with E-state index in [1.165, 1.54) is 0 Å². The third-order valence-corrected chi connectivity index (χ3v) is 4.00. The lowest BCUT2D eigenvalue weighted by Crippen LogP contribution is -2.43. The Morgan fingerprint density at radius 2 is 2.30 bits per heavy atom. The molecule has 1 saturated heterocycles. The summed E-state index contributed by atoms with van der Waals surface area (Å²) in [5, 5.41) is 10.5. The van der Waals surface area contributed by atoms with E-state index in [9.17, 15) is 9.90 Å². The fraction of sp³-hybridized carbons (Fsp3) is 0.500. The van der Waals surface area contributed by atoms with Gasteiger partial charge >= 0.3 is 0 Å². The summed E-state index contributed by atoms with van der Waals surface area (Å²) < 4.78 is 7.52. The molecule has 1 aliphatic heterocycles. The number of likely N-dealkylation sites (N-methyl/N-ethyl adjacent to an activating group) is 1. The maximum Gasteiger partial charge on any atom is 0.289 e. The molecule has 7 heteroatoms. The number of amides is 1. The van der Waals surface area contributed by atoms with Gasteiger partial charge in [-0.25, -0.2) is 4.98 Å². The first-order chi connectivity index (χ1) is 11.0. The molecule has 0 saturated carbocycles. The third-order valence-electron chi connectivity index (χ3n) is 4.00. The summed E-state index contributed by atoms with van der Waals surface area (Å²) in [5.74, 6) is 0.847. The number of rotatable bonds is 5. The van der Waals surface area contributed by atoms with Crippen molar-refractivity contribution in [3.8, 4) is 0 Å². The zero-order valence-electron chi connectivity index (χ0n) is 13.5. The topological polar surface area (TPSA) is 74.7 Å². The highest BCUT2D eigenvalue weighted by Gasteiger charge is 2.39. The summed E-state index contributed by atoms with van der Waals surface area (Å²) in [6.45, 7) is 1.96. The molecule has 1 N–H and O–H groups in total. The fourth-order valence-corrected chi connectivity index (χ4v) is 3.04. The van der Waals surface area contributed by atoms with Gasteiger partial charge in [-0.2, -0.15) is 0 Å². The number of imidazole rings is 1. The predicted molar refractivity (Wildman–Crippen MR) is 84.1 cm³/mol. The van der Waals surface area contributed by atoms with Gasteiger partial charge in [-0.3, -0.25) is 4.79 Å². The van der Waals surface area contributed by atoms with E-state index in [1.807, 2.05) is 29.8 Å². The number of carbonyl (C=O) groups is 1. The van der Waals surface area contributed by atoms with Gasteiger partial charge in [0, 0.05) is 25.5 Å². The molecule has 2 aromatic heterocycles. The third kappa shape index (κ3) is 3.62. The van der Waals surface area contributed by atoms with Crippen LogP contribution in [-0.4, -0.2) is 69.7 Å². The number of hydrogen-bond donors (Lipinski definition) is 1. The molecule has 0 aromatic carbocycles. The van der Waals surface area contributed by atoms with Crippen molar-refractivity contribution in [1.82, 2.24) is 19.4 Å². The van der Waals surface area contributed by atoms with Crippen LogP contribution in [0.15, 0.2) is 35.3 Å². The smallest absolute Gasteiger partial charge is 0.289 e. The maximum absolute atomic E-state index is 12.5. The molecule has 1 aliphatic rings. The van der Waals surface area contributed by atoms with E-state index in [0.29, 0.717) is 44.1 Å². The summed E-state index contributed by atoms with van der Waals surface area (Å²) in [7, 11) is 3.83. The number of aromatic nitrogens is 2. The van der Waals surface area contributed by atoms with E-state index < -0.39 is 5.60 Å². The van der Waals surface area contributed by atoms with Crippen molar-refractivity contribution >= 4 is 5.91 Å². The van der Waals surface area contributed by atoms with Gasteiger partial charge in [0.1, 0.15) is 5.76 Å². The van der Waals surface area contributed by atoms with Crippen LogP contribution in [0.5, 0.6) is 0 Å². The number of β-amino-alcohol motifs (C(OH)–C–C–N with tert-alkyl or cyclic N) is 1. The lowest BCUT2D eigenvalue weighted by molar-refractivity contribution is 0.0231. The maximum atomic E-state index is 12.5. The Bertz CT molecular complexity index is 665. The zero-order valence-corrected chi connectivity index (χ0v) is 13.5. The standard InChI is InChI=1S/C16H22N4O3/c1-18(2)10-16(22)5-7-20(11-16)15(21)14-4-3-13(23-14)9-19-8-6-17-12-19/h3-4,6,8,12,22H,5,7,9-11H2,1-2H3. The number of hydrogen-bond acceptors (Lipinski definition) is 5. The van der Waals surface area contributed by atoms with Crippen LogP contribution in [0.1, 0.15) is 22.7 Å². The minimum Gasteiger partial charge on any atom is -0.454 e. The van der Waals surface area contributed by atoms with Crippen molar-refractivity contribution in [2.45, 2.75) is 18.6 Å². The van der Waals surface area contributed by atoms with Gasteiger partial charge in [-0.05, 0) is 32.6 Å². The highest BCUT2D eigenvalue weighted by Crippen LogP contribution is 2.24. The summed E-state index contributed by atoms with van der Waals surface area (Å²) in [6.07, 6.45) is 5.82. The number of aliphatic hydroxyl groups is 1. The van der Waals surface area contributed by atoms with Gasteiger partial charge in [0.15, 0.2) is 5.76 Å². The minimum atomic E-state index is -0.842. The SMILES string of the molecule is CN(C)CC1(O)CCN(C(=O)c2ccc(Cn3ccnc3)o2)C1. The van der Waals surface area contributed by atoms with Crippen molar-refractivity contribution in [2.24, 2.45) is 0 Å². The van der Waals surface area contributed by atoms with Gasteiger partial charge in [0.25, 0.3) is 5.91 Å². The highest BCUT2D eigenvalue weighted by molar-refractivity contribution is 5.91. The molecule has 23 heavy (non-hydrogen) atoms. The monoisotopic (exact) mass is 318 g/mol. The molecule has 7 nitrogen and oxygen atoms in total. The second-order valence-corrected chi connectivity index (χ2v) is 6.44. The molecule has 3 heterocycles. The van der Waals surface area contributed by atoms with E-state index in [2.05, 4.69) is 4.98 Å². The molecule has 1 amide bonds. The summed E-state index contributed by atoms with van der Waals surface area (Å²) in [5.41, 5.74) is -0.842. The molecule has 1 atom stereocenters. The van der Waals surface area contributed by atoms with Crippen LogP contribution < -0.4 is 0 Å². The predicted octanol–water partition coefficient (Wildman–Crippen LogP) is 0.663. The molecular formula is C16H22N4O3. The zero-order chi connectivity index (χ0) is 16.4. The van der Waals surface area contributed by atoms with E-state index in [0.717, 1.165) is 0 Å². The van der Waals surface area contributed by atoms with Crippen molar-refractivity contribution in [3.05, 3.63) is 42.4 Å². The van der Waals surface area contributed by atoms with Crippen molar-refractivity contribution in [3.63, 3.8) is 0 Å². The van der Waals surface area contributed by atoms with Crippen LogP contribution in [0.25, 0.3) is 0 Å². The van der Waals surface area contributed by atoms with Gasteiger partial charge in [0.2, 0.25) is 0 Å². The molecule has 3 rings (SSSR count). The van der Waals surface area contributed by atoms with Gasteiger partial charge < -0.3 is 23.9 Å². The van der Waals surface area contributed by atoms with Crippen LogP contribution in [0.2, 0.25) is 0 Å². The Morgan fingerprint density at radius 1 is 1.48 bits per heavy atom. The average Bonchev–Trinajstić information content (AvgIpc) is 3.19.